The third-order valence-corrected chi connectivity index (χ3v) is 6.25. The number of hydrogen-bond donors (Lipinski definition) is 1. The van der Waals surface area contributed by atoms with Crippen molar-refractivity contribution in [1.82, 2.24) is 9.97 Å². The largest absolute Gasteiger partial charge is 0.495 e. The highest BCUT2D eigenvalue weighted by Gasteiger charge is 2.40. The Balaban J connectivity index is 1.76. The number of likely N-dealkylation sites (N-methyl/N-ethyl adjacent to an activating group) is 1. The summed E-state index contributed by atoms with van der Waals surface area (Å²) in [4.78, 5) is 39.0. The predicted molar refractivity (Wildman–Crippen MR) is 118 cm³/mol. The number of hydrogen-bond acceptors (Lipinski definition) is 7. The molecule has 1 fully saturated rings. The van der Waals surface area contributed by atoms with Crippen LogP contribution >= 0.6 is 0 Å². The Hall–Kier alpha value is -3.36. The Morgan fingerprint density at radius 3 is 2.65 bits per heavy atom. The second-order valence-corrected chi connectivity index (χ2v) is 8.05. The normalized spacial score (nSPS) is 18.8. The lowest BCUT2D eigenvalue weighted by molar-refractivity contribution is -0.119. The molecule has 1 N–H and O–H groups in total. The van der Waals surface area contributed by atoms with Gasteiger partial charge in [-0.15, -0.1) is 0 Å². The third-order valence-electron chi connectivity index (χ3n) is 6.25. The van der Waals surface area contributed by atoms with E-state index in [0.29, 0.717) is 23.1 Å². The van der Waals surface area contributed by atoms with E-state index >= 15 is 0 Å². The van der Waals surface area contributed by atoms with Gasteiger partial charge in [0, 0.05) is 20.1 Å². The van der Waals surface area contributed by atoms with Gasteiger partial charge in [0.1, 0.15) is 17.5 Å². The first-order valence-corrected chi connectivity index (χ1v) is 10.4. The Kier molecular flexibility index (Phi) is 5.43. The van der Waals surface area contributed by atoms with Crippen molar-refractivity contribution in [1.29, 1.82) is 0 Å². The van der Waals surface area contributed by atoms with Gasteiger partial charge in [-0.25, -0.2) is 9.78 Å². The molecule has 9 heteroatoms. The number of amides is 1. The Morgan fingerprint density at radius 2 is 2.00 bits per heavy atom. The number of carboxylic acid groups (broad SMARTS) is 1. The van der Waals surface area contributed by atoms with Crippen molar-refractivity contribution < 1.29 is 19.4 Å². The van der Waals surface area contributed by atoms with Gasteiger partial charge >= 0.3 is 5.97 Å². The molecule has 0 saturated heterocycles. The molecule has 0 radical (unpaired) electrons. The average molecular weight is 425 g/mol. The molecular formula is C22H27N5O4. The lowest BCUT2D eigenvalue weighted by Gasteiger charge is -2.42. The van der Waals surface area contributed by atoms with Gasteiger partial charge in [-0.05, 0) is 38.0 Å². The Bertz CT molecular complexity index is 1020. The van der Waals surface area contributed by atoms with E-state index in [1.165, 1.54) is 19.2 Å². The van der Waals surface area contributed by atoms with Crippen molar-refractivity contribution in [2.75, 3.05) is 35.9 Å². The van der Waals surface area contributed by atoms with Crippen LogP contribution in [0.5, 0.6) is 5.75 Å². The number of fused-ring (bicyclic) bond motifs is 1. The van der Waals surface area contributed by atoms with Gasteiger partial charge in [0.2, 0.25) is 11.9 Å². The fourth-order valence-corrected chi connectivity index (χ4v) is 4.51. The molecule has 1 saturated carbocycles. The maximum Gasteiger partial charge on any atom is 0.335 e. The highest BCUT2D eigenvalue weighted by Crippen LogP contribution is 2.40. The minimum atomic E-state index is -1.02. The van der Waals surface area contributed by atoms with Gasteiger partial charge in [-0.3, -0.25) is 4.79 Å². The maximum absolute atomic E-state index is 12.8. The first kappa shape index (κ1) is 20.9. The minimum absolute atomic E-state index is 0.0371. The number of benzene rings is 1. The van der Waals surface area contributed by atoms with E-state index in [0.717, 1.165) is 31.5 Å². The van der Waals surface area contributed by atoms with Crippen LogP contribution in [0.4, 0.5) is 23.1 Å². The van der Waals surface area contributed by atoms with Crippen LogP contribution < -0.4 is 19.4 Å². The van der Waals surface area contributed by atoms with Crippen molar-refractivity contribution in [3.8, 4) is 5.75 Å². The fraction of sp³-hybridized carbons (Fsp3) is 0.455. The van der Waals surface area contributed by atoms with Gasteiger partial charge in [0.25, 0.3) is 0 Å². The van der Waals surface area contributed by atoms with Crippen molar-refractivity contribution in [3.63, 3.8) is 0 Å². The maximum atomic E-state index is 12.8. The summed E-state index contributed by atoms with van der Waals surface area (Å²) in [6.45, 7) is 1.93. The fourth-order valence-electron chi connectivity index (χ4n) is 4.51. The van der Waals surface area contributed by atoms with Crippen LogP contribution in [0.15, 0.2) is 24.4 Å². The molecule has 1 aromatic heterocycles. The number of ether oxygens (including phenoxy) is 1. The van der Waals surface area contributed by atoms with Crippen LogP contribution in [0.1, 0.15) is 43.0 Å². The molecule has 1 aliphatic carbocycles. The zero-order chi connectivity index (χ0) is 22.3. The molecule has 164 valence electrons. The summed E-state index contributed by atoms with van der Waals surface area (Å²) in [7, 11) is 5.06. The number of anilines is 4. The molecule has 0 spiro atoms. The molecule has 1 atom stereocenters. The Morgan fingerprint density at radius 1 is 1.29 bits per heavy atom. The van der Waals surface area contributed by atoms with Crippen LogP contribution in [0, 0.1) is 0 Å². The number of carbonyl (C=O) groups is 2. The van der Waals surface area contributed by atoms with Crippen LogP contribution in [-0.2, 0) is 4.79 Å². The van der Waals surface area contributed by atoms with Crippen LogP contribution in [0.2, 0.25) is 0 Å². The van der Waals surface area contributed by atoms with E-state index in [1.807, 2.05) is 6.92 Å². The number of carboxylic acids is 1. The number of nitrogens with zero attached hydrogens (tertiary/aromatic N) is 5. The molecule has 2 aromatic rings. The molecule has 9 nitrogen and oxygen atoms in total. The van der Waals surface area contributed by atoms with Gasteiger partial charge < -0.3 is 24.5 Å². The lowest BCUT2D eigenvalue weighted by Crippen LogP contribution is -2.54. The third kappa shape index (κ3) is 3.54. The number of rotatable bonds is 5. The number of carbonyl (C=O) groups excluding carboxylic acids is 1. The smallest absolute Gasteiger partial charge is 0.335 e. The summed E-state index contributed by atoms with van der Waals surface area (Å²) in [6.07, 6.45) is 6.06. The molecule has 31 heavy (non-hydrogen) atoms. The summed E-state index contributed by atoms with van der Waals surface area (Å²) in [5.74, 6) is 0.621. The second-order valence-electron chi connectivity index (χ2n) is 8.05. The summed E-state index contributed by atoms with van der Waals surface area (Å²) in [5.41, 5.74) is 1.48. The minimum Gasteiger partial charge on any atom is -0.495 e. The topological polar surface area (TPSA) is 99.1 Å². The Labute approximate surface area is 181 Å². The van der Waals surface area contributed by atoms with Crippen LogP contribution in [0.25, 0.3) is 0 Å². The van der Waals surface area contributed by atoms with Crippen molar-refractivity contribution in [2.45, 2.75) is 44.7 Å². The van der Waals surface area contributed by atoms with Gasteiger partial charge in [0.05, 0.1) is 24.6 Å². The van der Waals surface area contributed by atoms with E-state index in [9.17, 15) is 14.7 Å². The molecule has 0 unspecified atom stereocenters. The van der Waals surface area contributed by atoms with E-state index in [2.05, 4.69) is 9.88 Å². The van der Waals surface area contributed by atoms with E-state index < -0.39 is 5.97 Å². The van der Waals surface area contributed by atoms with Crippen molar-refractivity contribution >= 4 is 35.0 Å². The van der Waals surface area contributed by atoms with Gasteiger partial charge in [-0.2, -0.15) is 4.98 Å². The highest BCUT2D eigenvalue weighted by atomic mass is 16.5. The van der Waals surface area contributed by atoms with Crippen molar-refractivity contribution in [3.05, 3.63) is 30.0 Å². The van der Waals surface area contributed by atoms with E-state index in [-0.39, 0.29) is 23.6 Å². The summed E-state index contributed by atoms with van der Waals surface area (Å²) in [6, 6.07) is 4.67. The van der Waals surface area contributed by atoms with Crippen molar-refractivity contribution in [2.24, 2.45) is 0 Å². The average Bonchev–Trinajstić information content (AvgIpc) is 3.30. The SMILES string of the molecule is COc1cc(C(=O)O)ccc1N(C)c1ncc2c(n1)N(C1CCCC1)[C@H](C)C(=O)N2C. The van der Waals surface area contributed by atoms with E-state index in [1.54, 1.807) is 36.2 Å². The molecule has 1 amide bonds. The van der Waals surface area contributed by atoms with Crippen LogP contribution in [-0.4, -0.2) is 60.2 Å². The standard InChI is InChI=1S/C22H27N5O4/c1-13-20(28)25(2)17-12-23-22(24-19(17)27(13)15-7-5-6-8-15)26(3)16-10-9-14(21(29)30)11-18(16)31-4/h9-13,15H,5-8H2,1-4H3,(H,29,30)/t13-/m1/s1. The molecule has 1 aromatic carbocycles. The number of methoxy groups -OCH3 is 1. The van der Waals surface area contributed by atoms with Gasteiger partial charge in [0.15, 0.2) is 5.82 Å². The first-order chi connectivity index (χ1) is 14.8. The zero-order valence-corrected chi connectivity index (χ0v) is 18.2. The molecule has 4 rings (SSSR count). The predicted octanol–water partition coefficient (Wildman–Crippen LogP) is 3.07. The summed E-state index contributed by atoms with van der Waals surface area (Å²) < 4.78 is 5.42. The highest BCUT2D eigenvalue weighted by molar-refractivity contribution is 6.04. The monoisotopic (exact) mass is 425 g/mol. The molecule has 1 aliphatic heterocycles. The zero-order valence-electron chi connectivity index (χ0n) is 18.2. The lowest BCUT2D eigenvalue weighted by atomic mass is 10.1. The first-order valence-electron chi connectivity index (χ1n) is 10.4. The quantitative estimate of drug-likeness (QED) is 0.780. The summed E-state index contributed by atoms with van der Waals surface area (Å²) >= 11 is 0. The molecule has 2 aliphatic rings. The number of aromatic nitrogens is 2. The summed E-state index contributed by atoms with van der Waals surface area (Å²) in [5, 5.41) is 9.26. The van der Waals surface area contributed by atoms with E-state index in [4.69, 9.17) is 9.72 Å². The second kappa shape index (κ2) is 8.05. The molecular weight excluding hydrogens is 398 g/mol. The van der Waals surface area contributed by atoms with Crippen LogP contribution in [0.3, 0.4) is 0 Å². The molecule has 2 heterocycles. The molecule has 0 bridgehead atoms. The number of aromatic carboxylic acids is 1. The van der Waals surface area contributed by atoms with Gasteiger partial charge in [-0.1, -0.05) is 12.8 Å².